The first-order valence-electron chi connectivity index (χ1n) is 11.9. The molecule has 0 amide bonds. The highest BCUT2D eigenvalue weighted by atomic mass is 28.4. The molecular weight excluding hydrogens is 437 g/mol. The van der Waals surface area contributed by atoms with Gasteiger partial charge in [-0.25, -0.2) is 4.39 Å². The summed E-state index contributed by atoms with van der Waals surface area (Å²) >= 11 is 0. The molecule has 1 fully saturated rings. The van der Waals surface area contributed by atoms with Crippen molar-refractivity contribution in [2.75, 3.05) is 26.4 Å². The van der Waals surface area contributed by atoms with Crippen molar-refractivity contribution in [1.82, 2.24) is 4.90 Å². The van der Waals surface area contributed by atoms with Crippen LogP contribution >= 0.6 is 0 Å². The second kappa shape index (κ2) is 10.4. The van der Waals surface area contributed by atoms with Gasteiger partial charge in [0.25, 0.3) is 0 Å². The van der Waals surface area contributed by atoms with Crippen LogP contribution in [0.15, 0.2) is 24.3 Å². The third-order valence-corrected chi connectivity index (χ3v) is 16.7. The van der Waals surface area contributed by atoms with Gasteiger partial charge in [0.05, 0.1) is 38.5 Å². The molecule has 2 rings (SSSR count). The Bertz CT molecular complexity index is 688. The predicted molar refractivity (Wildman–Crippen MR) is 137 cm³/mol. The minimum atomic E-state index is -1.87. The largest absolute Gasteiger partial charge is 0.415 e. The summed E-state index contributed by atoms with van der Waals surface area (Å²) in [6, 6.07) is 7.13. The first-order valence-corrected chi connectivity index (χ1v) is 17.7. The maximum atomic E-state index is 13.5. The van der Waals surface area contributed by atoms with E-state index in [0.29, 0.717) is 26.4 Å². The quantitative estimate of drug-likeness (QED) is 0.398. The molecule has 0 aromatic heterocycles. The summed E-state index contributed by atoms with van der Waals surface area (Å²) in [5.41, 5.74) is 1.10. The summed E-state index contributed by atoms with van der Waals surface area (Å²) in [5.74, 6) is -0.202. The van der Waals surface area contributed by atoms with E-state index in [-0.39, 0.29) is 28.0 Å². The number of hydrogen-bond acceptors (Lipinski definition) is 4. The van der Waals surface area contributed by atoms with E-state index >= 15 is 0 Å². The second-order valence-electron chi connectivity index (χ2n) is 12.3. The first-order chi connectivity index (χ1) is 14.5. The van der Waals surface area contributed by atoms with Crippen LogP contribution in [-0.2, 0) is 20.1 Å². The van der Waals surface area contributed by atoms with Crippen molar-refractivity contribution in [2.45, 2.75) is 96.4 Å². The molecule has 1 aliphatic heterocycles. The molecule has 7 heteroatoms. The van der Waals surface area contributed by atoms with Gasteiger partial charge >= 0.3 is 0 Å². The minimum Gasteiger partial charge on any atom is -0.415 e. The van der Waals surface area contributed by atoms with Gasteiger partial charge in [-0.15, -0.1) is 0 Å². The summed E-state index contributed by atoms with van der Waals surface area (Å²) in [5, 5.41) is 0.324. The normalized spacial score (nSPS) is 21.7. The number of benzene rings is 1. The van der Waals surface area contributed by atoms with E-state index in [1.54, 1.807) is 0 Å². The van der Waals surface area contributed by atoms with Crippen LogP contribution in [0.3, 0.4) is 0 Å². The molecule has 1 aromatic carbocycles. The van der Waals surface area contributed by atoms with E-state index in [1.165, 1.54) is 12.1 Å². The predicted octanol–water partition coefficient (Wildman–Crippen LogP) is 6.44. The van der Waals surface area contributed by atoms with Crippen molar-refractivity contribution >= 4 is 16.6 Å². The molecule has 1 heterocycles. The summed E-state index contributed by atoms with van der Waals surface area (Å²) in [7, 11) is -3.74. The Balaban J connectivity index is 2.20. The smallest absolute Gasteiger partial charge is 0.192 e. The number of rotatable bonds is 8. The standard InChI is InChI=1S/C25H46FNO3Si2/c1-24(2,3)31(7,8)29-18-22-16-28-17-23(19-30-32(9,10)25(4,5)6)27(22)15-20-11-13-21(26)14-12-20/h11-14,22-23H,15-19H2,1-10H3. The molecule has 0 saturated carbocycles. The molecule has 0 radical (unpaired) electrons. The highest BCUT2D eigenvalue weighted by Gasteiger charge is 2.41. The molecule has 0 bridgehead atoms. The zero-order valence-corrected chi connectivity index (χ0v) is 24.0. The lowest BCUT2D eigenvalue weighted by atomic mass is 10.1. The number of ether oxygens (including phenoxy) is 1. The van der Waals surface area contributed by atoms with Crippen LogP contribution in [0.2, 0.25) is 36.3 Å². The fourth-order valence-electron chi connectivity index (χ4n) is 3.22. The summed E-state index contributed by atoms with van der Waals surface area (Å²) in [4.78, 5) is 2.47. The van der Waals surface area contributed by atoms with E-state index in [2.05, 4.69) is 72.6 Å². The molecule has 2 unspecified atom stereocenters. The fourth-order valence-corrected chi connectivity index (χ4v) is 5.30. The number of morpholine rings is 1. The lowest BCUT2D eigenvalue weighted by Gasteiger charge is -2.45. The second-order valence-corrected chi connectivity index (χ2v) is 21.9. The lowest BCUT2D eigenvalue weighted by molar-refractivity contribution is -0.0799. The maximum Gasteiger partial charge on any atom is 0.192 e. The zero-order valence-electron chi connectivity index (χ0n) is 22.0. The fraction of sp³-hybridized carbons (Fsp3) is 0.760. The number of nitrogens with zero attached hydrogens (tertiary/aromatic N) is 1. The van der Waals surface area contributed by atoms with Crippen LogP contribution in [0.5, 0.6) is 0 Å². The third kappa shape index (κ3) is 7.21. The summed E-state index contributed by atoms with van der Waals surface area (Å²) in [6.45, 7) is 26.1. The van der Waals surface area contributed by atoms with Gasteiger partial charge in [0, 0.05) is 6.54 Å². The molecule has 4 nitrogen and oxygen atoms in total. The van der Waals surface area contributed by atoms with Crippen LogP contribution in [0.1, 0.15) is 47.1 Å². The molecule has 0 N–H and O–H groups in total. The zero-order chi connectivity index (χ0) is 24.4. The molecule has 0 spiro atoms. The molecular formula is C25H46FNO3Si2. The highest BCUT2D eigenvalue weighted by molar-refractivity contribution is 6.74. The molecule has 184 valence electrons. The van der Waals surface area contributed by atoms with Crippen molar-refractivity contribution in [3.63, 3.8) is 0 Å². The van der Waals surface area contributed by atoms with Gasteiger partial charge in [0.1, 0.15) is 5.82 Å². The molecule has 1 aliphatic rings. The maximum absolute atomic E-state index is 13.5. The van der Waals surface area contributed by atoms with Crippen LogP contribution < -0.4 is 0 Å². The average Bonchev–Trinajstić information content (AvgIpc) is 2.66. The van der Waals surface area contributed by atoms with E-state index in [9.17, 15) is 4.39 Å². The monoisotopic (exact) mass is 483 g/mol. The first kappa shape index (κ1) is 27.7. The Kier molecular flexibility index (Phi) is 8.96. The van der Waals surface area contributed by atoms with Crippen molar-refractivity contribution < 1.29 is 18.0 Å². The lowest BCUT2D eigenvalue weighted by Crippen LogP contribution is -2.57. The van der Waals surface area contributed by atoms with Gasteiger partial charge in [-0.2, -0.15) is 0 Å². The highest BCUT2D eigenvalue weighted by Crippen LogP contribution is 2.38. The van der Waals surface area contributed by atoms with Crippen LogP contribution in [0, 0.1) is 5.82 Å². The number of halogens is 1. The van der Waals surface area contributed by atoms with Crippen molar-refractivity contribution in [3.05, 3.63) is 35.6 Å². The molecule has 1 aromatic rings. The van der Waals surface area contributed by atoms with Gasteiger partial charge in [0.2, 0.25) is 0 Å². The van der Waals surface area contributed by atoms with Gasteiger partial charge in [-0.1, -0.05) is 53.7 Å². The molecule has 0 aliphatic carbocycles. The van der Waals surface area contributed by atoms with Gasteiger partial charge in [-0.3, -0.25) is 4.90 Å². The van der Waals surface area contributed by atoms with E-state index in [1.807, 2.05) is 12.1 Å². The van der Waals surface area contributed by atoms with Crippen molar-refractivity contribution in [1.29, 1.82) is 0 Å². The molecule has 32 heavy (non-hydrogen) atoms. The Morgan fingerprint density at radius 2 is 1.25 bits per heavy atom. The SMILES string of the molecule is CC(C)(C)[Si](C)(C)OCC1COCC(CO[Si](C)(C)C(C)(C)C)N1Cc1ccc(F)cc1. The Morgan fingerprint density at radius 3 is 1.62 bits per heavy atom. The third-order valence-electron chi connectivity index (χ3n) is 7.72. The van der Waals surface area contributed by atoms with Crippen LogP contribution in [-0.4, -0.2) is 60.0 Å². The van der Waals surface area contributed by atoms with Gasteiger partial charge < -0.3 is 13.6 Å². The van der Waals surface area contributed by atoms with E-state index in [4.69, 9.17) is 13.6 Å². The Hall–Kier alpha value is -0.576. The molecule has 1 saturated heterocycles. The average molecular weight is 484 g/mol. The van der Waals surface area contributed by atoms with Gasteiger partial charge in [0.15, 0.2) is 16.6 Å². The van der Waals surface area contributed by atoms with Crippen molar-refractivity contribution in [3.8, 4) is 0 Å². The Labute approximate surface area is 198 Å². The van der Waals surface area contributed by atoms with Crippen molar-refractivity contribution in [2.24, 2.45) is 0 Å². The molecule has 2 atom stereocenters. The van der Waals surface area contributed by atoms with Gasteiger partial charge in [-0.05, 0) is 54.0 Å². The Morgan fingerprint density at radius 1 is 0.844 bits per heavy atom. The van der Waals surface area contributed by atoms with E-state index in [0.717, 1.165) is 12.1 Å². The topological polar surface area (TPSA) is 30.9 Å². The summed E-state index contributed by atoms with van der Waals surface area (Å²) < 4.78 is 32.7. The van der Waals surface area contributed by atoms with E-state index < -0.39 is 16.6 Å². The van der Waals surface area contributed by atoms with Crippen LogP contribution in [0.25, 0.3) is 0 Å². The minimum absolute atomic E-state index is 0.149. The summed E-state index contributed by atoms with van der Waals surface area (Å²) in [6.07, 6.45) is 0. The number of hydrogen-bond donors (Lipinski definition) is 0. The van der Waals surface area contributed by atoms with Crippen LogP contribution in [0.4, 0.5) is 4.39 Å².